The third-order valence-electron chi connectivity index (χ3n) is 0.759. The molecule has 0 rings (SSSR count). The van der Waals surface area contributed by atoms with E-state index in [0.29, 0.717) is 13.0 Å². The smallest absolute Gasteiger partial charge is 0.305 e. The van der Waals surface area contributed by atoms with Gasteiger partial charge in [0.2, 0.25) is 0 Å². The normalized spacial score (nSPS) is 7.78. The molecular formula is C6H12BaO2. The summed E-state index contributed by atoms with van der Waals surface area (Å²) in [6.45, 7) is 4.27. The summed E-state index contributed by atoms with van der Waals surface area (Å²) in [4.78, 5) is 10.4. The van der Waals surface area contributed by atoms with Crippen molar-refractivity contribution in [2.45, 2.75) is 26.7 Å². The summed E-state index contributed by atoms with van der Waals surface area (Å²) < 4.78 is 4.64. The zero-order valence-corrected chi connectivity index (χ0v) is 10.6. The first-order valence-electron chi connectivity index (χ1n) is 2.96. The van der Waals surface area contributed by atoms with E-state index in [2.05, 4.69) is 4.74 Å². The van der Waals surface area contributed by atoms with Crippen molar-refractivity contribution in [1.82, 2.24) is 0 Å². The van der Waals surface area contributed by atoms with Gasteiger partial charge in [-0.3, -0.25) is 4.79 Å². The molecule has 0 aliphatic rings. The van der Waals surface area contributed by atoms with Gasteiger partial charge in [-0.2, -0.15) is 0 Å². The number of ether oxygens (including phenoxy) is 1. The molecule has 0 unspecified atom stereocenters. The molecule has 3 heteroatoms. The average Bonchev–Trinajstić information content (AvgIpc) is 1.68. The molecule has 50 valence electrons. The van der Waals surface area contributed by atoms with Crippen LogP contribution in [0.1, 0.15) is 26.7 Å². The molecule has 0 spiro atoms. The fourth-order valence-electron chi connectivity index (χ4n) is 0.437. The van der Waals surface area contributed by atoms with Crippen LogP contribution in [-0.2, 0) is 9.53 Å². The molecule has 9 heavy (non-hydrogen) atoms. The molecule has 0 atom stereocenters. The Labute approximate surface area is 96.4 Å². The molecule has 0 fully saturated rings. The number of rotatable bonds is 3. The third kappa shape index (κ3) is 9.04. The molecule has 0 aliphatic carbocycles. The zero-order valence-electron chi connectivity index (χ0n) is 6.14. The van der Waals surface area contributed by atoms with Gasteiger partial charge in [-0.15, -0.1) is 0 Å². The van der Waals surface area contributed by atoms with Crippen LogP contribution in [0.3, 0.4) is 0 Å². The first-order valence-corrected chi connectivity index (χ1v) is 2.96. The molecule has 0 aliphatic heterocycles. The fourth-order valence-corrected chi connectivity index (χ4v) is 0.437. The number of hydrogen-bond donors (Lipinski definition) is 0. The van der Waals surface area contributed by atoms with Gasteiger partial charge in [0.05, 0.1) is 6.61 Å². The maximum absolute atomic E-state index is 10.4. The van der Waals surface area contributed by atoms with Crippen molar-refractivity contribution in [3.63, 3.8) is 0 Å². The summed E-state index contributed by atoms with van der Waals surface area (Å²) in [5, 5.41) is 0. The molecule has 2 radical (unpaired) electrons. The van der Waals surface area contributed by atoms with E-state index in [1.54, 1.807) is 0 Å². The molecule has 0 aromatic heterocycles. The van der Waals surface area contributed by atoms with Crippen LogP contribution in [-0.4, -0.2) is 61.5 Å². The van der Waals surface area contributed by atoms with E-state index in [4.69, 9.17) is 0 Å². The summed E-state index contributed by atoms with van der Waals surface area (Å²) >= 11 is 0. The van der Waals surface area contributed by atoms with Crippen LogP contribution in [0.4, 0.5) is 0 Å². The zero-order chi connectivity index (χ0) is 6.41. The number of carbonyl (C=O) groups is 1. The predicted octanol–water partition coefficient (Wildman–Crippen LogP) is 0.969. The van der Waals surface area contributed by atoms with Gasteiger partial charge in [-0.05, 0) is 13.3 Å². The van der Waals surface area contributed by atoms with Crippen LogP contribution in [0, 0.1) is 0 Å². The average molecular weight is 253 g/mol. The monoisotopic (exact) mass is 254 g/mol. The molecule has 0 heterocycles. The minimum Gasteiger partial charge on any atom is -0.466 e. The topological polar surface area (TPSA) is 26.3 Å². The third-order valence-corrected chi connectivity index (χ3v) is 0.759. The van der Waals surface area contributed by atoms with Crippen molar-refractivity contribution >= 4 is 54.9 Å². The van der Waals surface area contributed by atoms with Crippen LogP contribution < -0.4 is 0 Å². The molecule has 0 saturated heterocycles. The van der Waals surface area contributed by atoms with E-state index < -0.39 is 0 Å². The Kier molecular flexibility index (Phi) is 12.8. The first-order chi connectivity index (χ1) is 3.81. The van der Waals surface area contributed by atoms with E-state index in [-0.39, 0.29) is 54.9 Å². The molecule has 0 aromatic rings. The van der Waals surface area contributed by atoms with E-state index in [9.17, 15) is 4.79 Å². The maximum atomic E-state index is 10.4. The van der Waals surface area contributed by atoms with Gasteiger partial charge < -0.3 is 4.74 Å². The quantitative estimate of drug-likeness (QED) is 0.553. The van der Waals surface area contributed by atoms with Crippen molar-refractivity contribution < 1.29 is 9.53 Å². The van der Waals surface area contributed by atoms with Gasteiger partial charge >= 0.3 is 5.97 Å². The van der Waals surface area contributed by atoms with Crippen LogP contribution in [0.5, 0.6) is 0 Å². The molecular weight excluding hydrogens is 241 g/mol. The second-order valence-corrected chi connectivity index (χ2v) is 1.56. The van der Waals surface area contributed by atoms with Gasteiger partial charge in [0.25, 0.3) is 0 Å². The summed E-state index contributed by atoms with van der Waals surface area (Å²) in [5.41, 5.74) is 0. The van der Waals surface area contributed by atoms with E-state index >= 15 is 0 Å². The Morgan fingerprint density at radius 3 is 2.33 bits per heavy atom. The SMILES string of the molecule is CCCC(=O)OCC.[Ba]. The van der Waals surface area contributed by atoms with Gasteiger partial charge in [0, 0.05) is 55.3 Å². The molecule has 0 N–H and O–H groups in total. The summed E-state index contributed by atoms with van der Waals surface area (Å²) in [7, 11) is 0. The minimum absolute atomic E-state index is 0. The van der Waals surface area contributed by atoms with Crippen LogP contribution in [0.2, 0.25) is 0 Å². The Morgan fingerprint density at radius 1 is 1.44 bits per heavy atom. The maximum Gasteiger partial charge on any atom is 0.305 e. The Balaban J connectivity index is 0. The summed E-state index contributed by atoms with van der Waals surface area (Å²) in [6, 6.07) is 0. The number of hydrogen-bond acceptors (Lipinski definition) is 2. The Hall–Kier alpha value is 1.04. The van der Waals surface area contributed by atoms with Crippen LogP contribution >= 0.6 is 0 Å². The molecule has 2 nitrogen and oxygen atoms in total. The second kappa shape index (κ2) is 9.04. The van der Waals surface area contributed by atoms with Crippen molar-refractivity contribution in [3.05, 3.63) is 0 Å². The van der Waals surface area contributed by atoms with Crippen LogP contribution in [0.15, 0.2) is 0 Å². The Morgan fingerprint density at radius 2 is 2.00 bits per heavy atom. The Bertz CT molecular complexity index is 65.5. The van der Waals surface area contributed by atoms with Gasteiger partial charge in [0.1, 0.15) is 0 Å². The van der Waals surface area contributed by atoms with E-state index in [1.165, 1.54) is 0 Å². The van der Waals surface area contributed by atoms with E-state index in [0.717, 1.165) is 6.42 Å². The predicted molar refractivity (Wildman–Crippen MR) is 37.3 cm³/mol. The van der Waals surface area contributed by atoms with Gasteiger partial charge in [-0.1, -0.05) is 6.92 Å². The summed E-state index contributed by atoms with van der Waals surface area (Å²) in [6.07, 6.45) is 1.42. The summed E-state index contributed by atoms with van der Waals surface area (Å²) in [5.74, 6) is -0.0880. The molecule has 0 aromatic carbocycles. The van der Waals surface area contributed by atoms with Crippen molar-refractivity contribution in [3.8, 4) is 0 Å². The van der Waals surface area contributed by atoms with Gasteiger partial charge in [-0.25, -0.2) is 0 Å². The minimum atomic E-state index is -0.0880. The molecule has 0 saturated carbocycles. The van der Waals surface area contributed by atoms with Crippen molar-refractivity contribution in [2.24, 2.45) is 0 Å². The second-order valence-electron chi connectivity index (χ2n) is 1.56. The molecule has 0 bridgehead atoms. The number of carbonyl (C=O) groups excluding carboxylic acids is 1. The van der Waals surface area contributed by atoms with Crippen molar-refractivity contribution in [1.29, 1.82) is 0 Å². The first kappa shape index (κ1) is 12.7. The fraction of sp³-hybridized carbons (Fsp3) is 0.833. The number of esters is 1. The molecule has 0 amide bonds. The standard InChI is InChI=1S/C6H12O2.Ba/c1-3-5-6(7)8-4-2;/h3-5H2,1-2H3;. The largest absolute Gasteiger partial charge is 0.466 e. The van der Waals surface area contributed by atoms with E-state index in [1.807, 2.05) is 13.8 Å². The van der Waals surface area contributed by atoms with Gasteiger partial charge in [0.15, 0.2) is 0 Å². The van der Waals surface area contributed by atoms with Crippen molar-refractivity contribution in [2.75, 3.05) is 6.61 Å². The van der Waals surface area contributed by atoms with Crippen LogP contribution in [0.25, 0.3) is 0 Å².